The van der Waals surface area contributed by atoms with Gasteiger partial charge in [-0.25, -0.2) is 0 Å². The first-order valence-electron chi connectivity index (χ1n) is 11.2. The van der Waals surface area contributed by atoms with Crippen LogP contribution in [0.5, 0.6) is 5.75 Å². The molecule has 1 fully saturated rings. The zero-order valence-electron chi connectivity index (χ0n) is 20.0. The van der Waals surface area contributed by atoms with Crippen molar-refractivity contribution in [2.24, 2.45) is 5.92 Å². The predicted octanol–water partition coefficient (Wildman–Crippen LogP) is 3.40. The number of nitrogens with one attached hydrogen (secondary N) is 2. The van der Waals surface area contributed by atoms with E-state index in [1.54, 1.807) is 28.9 Å². The molecule has 0 aliphatic carbocycles. The zero-order valence-corrected chi connectivity index (χ0v) is 20.0. The molecule has 2 N–H and O–H groups in total. The number of benzene rings is 2. The number of carbonyl (C=O) groups is 3. The van der Waals surface area contributed by atoms with Crippen molar-refractivity contribution in [2.45, 2.75) is 20.3 Å². The lowest BCUT2D eigenvalue weighted by Crippen LogP contribution is -2.28. The van der Waals surface area contributed by atoms with Gasteiger partial charge in [-0.3, -0.25) is 34.6 Å². The number of anilines is 2. The van der Waals surface area contributed by atoms with Crippen LogP contribution in [0.2, 0.25) is 0 Å². The van der Waals surface area contributed by atoms with Crippen LogP contribution >= 0.6 is 0 Å². The van der Waals surface area contributed by atoms with Crippen molar-refractivity contribution in [3.8, 4) is 5.75 Å². The van der Waals surface area contributed by atoms with Gasteiger partial charge in [0.1, 0.15) is 5.75 Å². The van der Waals surface area contributed by atoms with Crippen molar-refractivity contribution in [3.05, 3.63) is 81.7 Å². The van der Waals surface area contributed by atoms with Crippen LogP contribution in [0.3, 0.4) is 0 Å². The van der Waals surface area contributed by atoms with Gasteiger partial charge < -0.3 is 15.0 Å². The molecule has 0 bridgehead atoms. The number of ether oxygens (including phenoxy) is 1. The Balaban J connectivity index is 1.45. The number of hydrogen-bond donors (Lipinski definition) is 2. The lowest BCUT2D eigenvalue weighted by molar-refractivity contribution is -0.384. The van der Waals surface area contributed by atoms with Crippen molar-refractivity contribution < 1.29 is 24.0 Å². The van der Waals surface area contributed by atoms with E-state index in [0.29, 0.717) is 16.9 Å². The molecule has 1 atom stereocenters. The van der Waals surface area contributed by atoms with Gasteiger partial charge in [-0.1, -0.05) is 6.07 Å². The molecule has 11 heteroatoms. The van der Waals surface area contributed by atoms with Crippen LogP contribution in [0.25, 0.3) is 0 Å². The van der Waals surface area contributed by atoms with Crippen LogP contribution in [0.4, 0.5) is 17.1 Å². The Bertz CT molecular complexity index is 1350. The topological polar surface area (TPSA) is 136 Å². The number of nitro groups is 1. The molecule has 0 spiro atoms. The van der Waals surface area contributed by atoms with E-state index in [1.807, 2.05) is 26.0 Å². The highest BCUT2D eigenvalue weighted by Gasteiger charge is 2.36. The number of aromatic nitrogens is 1. The van der Waals surface area contributed by atoms with E-state index in [0.717, 1.165) is 11.4 Å². The summed E-state index contributed by atoms with van der Waals surface area (Å²) < 4.78 is 6.92. The fourth-order valence-corrected chi connectivity index (χ4v) is 4.11. The predicted molar refractivity (Wildman–Crippen MR) is 133 cm³/mol. The summed E-state index contributed by atoms with van der Waals surface area (Å²) in [6.07, 6.45) is -0.0294. The van der Waals surface area contributed by atoms with Crippen molar-refractivity contribution in [3.63, 3.8) is 0 Å². The first-order valence-corrected chi connectivity index (χ1v) is 11.2. The molecular weight excluding hydrogens is 466 g/mol. The summed E-state index contributed by atoms with van der Waals surface area (Å²) in [6.45, 7) is 3.84. The first kappa shape index (κ1) is 24.5. The van der Waals surface area contributed by atoms with Gasteiger partial charge in [0.25, 0.3) is 11.6 Å². The Morgan fingerprint density at radius 1 is 1.08 bits per heavy atom. The molecule has 0 radical (unpaired) electrons. The molecule has 11 nitrogen and oxygen atoms in total. The minimum atomic E-state index is -0.653. The number of carbonyl (C=O) groups excluding carboxylic acids is 3. The lowest BCUT2D eigenvalue weighted by atomic mass is 10.1. The molecule has 4 rings (SSSR count). The third kappa shape index (κ3) is 4.90. The summed E-state index contributed by atoms with van der Waals surface area (Å²) in [5.41, 5.74) is 5.56. The molecule has 36 heavy (non-hydrogen) atoms. The summed E-state index contributed by atoms with van der Waals surface area (Å²) in [4.78, 5) is 50.2. The van der Waals surface area contributed by atoms with Crippen LogP contribution in [0.1, 0.15) is 28.2 Å². The second kappa shape index (κ2) is 9.90. The Morgan fingerprint density at radius 3 is 2.47 bits per heavy atom. The molecular formula is C25H25N5O6. The average Bonchev–Trinajstić information content (AvgIpc) is 3.40. The smallest absolute Gasteiger partial charge is 0.273 e. The Hall–Kier alpha value is -4.67. The molecule has 2 aromatic carbocycles. The normalized spacial score (nSPS) is 15.0. The van der Waals surface area contributed by atoms with E-state index in [-0.39, 0.29) is 42.1 Å². The second-order valence-electron chi connectivity index (χ2n) is 8.48. The zero-order chi connectivity index (χ0) is 26.0. The molecule has 1 saturated heterocycles. The highest BCUT2D eigenvalue weighted by atomic mass is 16.6. The van der Waals surface area contributed by atoms with E-state index in [9.17, 15) is 24.5 Å². The van der Waals surface area contributed by atoms with E-state index in [2.05, 4.69) is 10.7 Å². The largest absolute Gasteiger partial charge is 0.494 e. The standard InChI is InChI=1S/C25H25N5O6/c1-15-7-8-16(2)29(15)27-25(33)17-5-4-6-19(11-17)26-24(32)18-12-23(31)28(14-18)21-10-9-20(30(34)35)13-22(21)36-3/h4-11,13,18H,12,14H2,1-3H3,(H,26,32)(H,27,33)/t18-/m1/s1. The number of hydrogen-bond acceptors (Lipinski definition) is 6. The van der Waals surface area contributed by atoms with Crippen molar-refractivity contribution in [2.75, 3.05) is 29.3 Å². The number of non-ortho nitro benzene ring substituents is 1. The maximum atomic E-state index is 12.9. The molecule has 1 aromatic heterocycles. The van der Waals surface area contributed by atoms with Gasteiger partial charge in [0.15, 0.2) is 0 Å². The maximum absolute atomic E-state index is 12.9. The third-order valence-corrected chi connectivity index (χ3v) is 6.04. The number of methoxy groups -OCH3 is 1. The molecule has 1 aliphatic heterocycles. The van der Waals surface area contributed by atoms with Crippen LogP contribution in [0.15, 0.2) is 54.6 Å². The summed E-state index contributed by atoms with van der Waals surface area (Å²) in [5.74, 6) is -1.49. The fraction of sp³-hybridized carbons (Fsp3) is 0.240. The first-order chi connectivity index (χ1) is 17.2. The summed E-state index contributed by atoms with van der Waals surface area (Å²) in [5, 5.41) is 13.8. The Kier molecular flexibility index (Phi) is 6.73. The van der Waals surface area contributed by atoms with E-state index in [1.165, 1.54) is 30.2 Å². The average molecular weight is 492 g/mol. The maximum Gasteiger partial charge on any atom is 0.273 e. The number of nitrogens with zero attached hydrogens (tertiary/aromatic N) is 3. The quantitative estimate of drug-likeness (QED) is 0.384. The van der Waals surface area contributed by atoms with Crippen LogP contribution in [-0.2, 0) is 9.59 Å². The summed E-state index contributed by atoms with van der Waals surface area (Å²) in [6, 6.07) is 14.3. The van der Waals surface area contributed by atoms with Crippen LogP contribution in [0, 0.1) is 29.9 Å². The minimum Gasteiger partial charge on any atom is -0.494 e. The highest BCUT2D eigenvalue weighted by Crippen LogP contribution is 2.36. The summed E-state index contributed by atoms with van der Waals surface area (Å²) in [7, 11) is 1.36. The number of rotatable bonds is 7. The number of amides is 3. The van der Waals surface area contributed by atoms with Crippen LogP contribution < -0.4 is 20.4 Å². The highest BCUT2D eigenvalue weighted by molar-refractivity contribution is 6.05. The fourth-order valence-electron chi connectivity index (χ4n) is 4.11. The van der Waals surface area contributed by atoms with Gasteiger partial charge in [-0.15, -0.1) is 0 Å². The molecule has 2 heterocycles. The van der Waals surface area contributed by atoms with Gasteiger partial charge in [-0.05, 0) is 50.2 Å². The Labute approximate surface area is 206 Å². The SMILES string of the molecule is COc1cc([N+](=O)[O-])ccc1N1C[C@H](C(=O)Nc2cccc(C(=O)Nn3c(C)ccc3C)c2)CC1=O. The number of aryl methyl sites for hydroxylation is 2. The van der Waals surface area contributed by atoms with Gasteiger partial charge in [0.2, 0.25) is 11.8 Å². The van der Waals surface area contributed by atoms with Gasteiger partial charge >= 0.3 is 0 Å². The van der Waals surface area contributed by atoms with Crippen molar-refractivity contribution in [1.82, 2.24) is 4.68 Å². The summed E-state index contributed by atoms with van der Waals surface area (Å²) >= 11 is 0. The van der Waals surface area contributed by atoms with Gasteiger partial charge in [-0.2, -0.15) is 0 Å². The van der Waals surface area contributed by atoms with Gasteiger partial charge in [0.05, 0.1) is 29.7 Å². The van der Waals surface area contributed by atoms with Crippen molar-refractivity contribution >= 4 is 34.8 Å². The van der Waals surface area contributed by atoms with E-state index >= 15 is 0 Å². The third-order valence-electron chi connectivity index (χ3n) is 6.04. The van der Waals surface area contributed by atoms with Crippen LogP contribution in [-0.4, -0.2) is 41.0 Å². The van der Waals surface area contributed by atoms with E-state index in [4.69, 9.17) is 4.74 Å². The lowest BCUT2D eigenvalue weighted by Gasteiger charge is -2.19. The second-order valence-corrected chi connectivity index (χ2v) is 8.48. The molecule has 186 valence electrons. The molecule has 0 unspecified atom stereocenters. The molecule has 3 aromatic rings. The molecule has 0 saturated carbocycles. The minimum absolute atomic E-state index is 0.0294. The molecule has 1 aliphatic rings. The number of nitro benzene ring substituents is 1. The van der Waals surface area contributed by atoms with E-state index < -0.39 is 10.8 Å². The Morgan fingerprint density at radius 2 is 1.81 bits per heavy atom. The van der Waals surface area contributed by atoms with Gasteiger partial charge in [0, 0.05) is 41.7 Å². The van der Waals surface area contributed by atoms with Crippen molar-refractivity contribution in [1.29, 1.82) is 0 Å². The monoisotopic (exact) mass is 491 g/mol. The molecule has 3 amide bonds.